The molecule has 0 aromatic heterocycles. The minimum Gasteiger partial charge on any atom is -0.476 e. The number of benzene rings is 1. The van der Waals surface area contributed by atoms with Crippen LogP contribution in [0.25, 0.3) is 0 Å². The number of hydrogen-bond acceptors (Lipinski definition) is 4. The Kier molecular flexibility index (Phi) is 3.66. The van der Waals surface area contributed by atoms with Gasteiger partial charge < -0.3 is 10.1 Å². The van der Waals surface area contributed by atoms with Gasteiger partial charge in [0.05, 0.1) is 18.0 Å². The number of rotatable bonds is 3. The summed E-state index contributed by atoms with van der Waals surface area (Å²) in [6, 6.07) is 6.80. The Labute approximate surface area is 112 Å². The maximum Gasteiger partial charge on any atom is 0.262 e. The largest absolute Gasteiger partial charge is 0.476 e. The lowest BCUT2D eigenvalue weighted by Gasteiger charge is -2.34. The van der Waals surface area contributed by atoms with E-state index in [0.29, 0.717) is 11.4 Å². The highest BCUT2D eigenvalue weighted by Gasteiger charge is 2.35. The molecule has 2 rings (SSSR count). The van der Waals surface area contributed by atoms with E-state index >= 15 is 0 Å². The predicted octanol–water partition coefficient (Wildman–Crippen LogP) is 0.350. The summed E-state index contributed by atoms with van der Waals surface area (Å²) in [5.74, 6) is 0.0344. The van der Waals surface area contributed by atoms with Crippen molar-refractivity contribution < 1.29 is 17.9 Å². The van der Waals surface area contributed by atoms with Gasteiger partial charge in [0.2, 0.25) is 10.0 Å². The first-order valence-corrected chi connectivity index (χ1v) is 7.58. The van der Waals surface area contributed by atoms with E-state index in [0.717, 1.165) is 0 Å². The molecule has 1 N–H and O–H groups in total. The first-order valence-electron chi connectivity index (χ1n) is 5.97. The van der Waals surface area contributed by atoms with Gasteiger partial charge in [0, 0.05) is 7.05 Å². The van der Waals surface area contributed by atoms with Crippen molar-refractivity contribution in [3.63, 3.8) is 0 Å². The number of carbonyl (C=O) groups excluding carboxylic acids is 1. The summed E-state index contributed by atoms with van der Waals surface area (Å²) in [4.78, 5) is 11.7. The Balaban J connectivity index is 2.45. The van der Waals surface area contributed by atoms with Gasteiger partial charge in [-0.25, -0.2) is 8.42 Å². The van der Waals surface area contributed by atoms with Crippen LogP contribution in [-0.2, 0) is 14.8 Å². The summed E-state index contributed by atoms with van der Waals surface area (Å²) in [5, 5.41) is 2.47. The van der Waals surface area contributed by atoms with Crippen LogP contribution in [0.5, 0.6) is 5.75 Å². The number of likely N-dealkylation sites (N-methyl/N-ethyl adjacent to an activating group) is 1. The fraction of sp³-hybridized carbons (Fsp3) is 0.417. The average molecular weight is 284 g/mol. The highest BCUT2D eigenvalue weighted by atomic mass is 32.2. The highest BCUT2D eigenvalue weighted by molar-refractivity contribution is 7.92. The SMILES string of the molecule is CCS(=O)(=O)N1C[C@H](C(=O)NC)Oc2ccccc21. The Morgan fingerprint density at radius 3 is 2.79 bits per heavy atom. The number of hydrogen-bond donors (Lipinski definition) is 1. The molecule has 19 heavy (non-hydrogen) atoms. The zero-order valence-corrected chi connectivity index (χ0v) is 11.6. The lowest BCUT2D eigenvalue weighted by Crippen LogP contribution is -2.50. The van der Waals surface area contributed by atoms with Crippen LogP contribution in [0.4, 0.5) is 5.69 Å². The van der Waals surface area contributed by atoms with Gasteiger partial charge in [-0.3, -0.25) is 9.10 Å². The number of fused-ring (bicyclic) bond motifs is 1. The molecule has 0 bridgehead atoms. The van der Waals surface area contributed by atoms with Gasteiger partial charge >= 0.3 is 0 Å². The fourth-order valence-corrected chi connectivity index (χ4v) is 3.04. The van der Waals surface area contributed by atoms with Crippen molar-refractivity contribution in [3.8, 4) is 5.75 Å². The van der Waals surface area contributed by atoms with Crippen molar-refractivity contribution in [2.75, 3.05) is 23.7 Å². The van der Waals surface area contributed by atoms with E-state index in [9.17, 15) is 13.2 Å². The lowest BCUT2D eigenvalue weighted by molar-refractivity contribution is -0.127. The van der Waals surface area contributed by atoms with E-state index in [1.165, 1.54) is 11.4 Å². The zero-order valence-electron chi connectivity index (χ0n) is 10.8. The topological polar surface area (TPSA) is 75.7 Å². The second kappa shape index (κ2) is 5.08. The van der Waals surface area contributed by atoms with E-state index in [1.807, 2.05) is 0 Å². The first-order chi connectivity index (χ1) is 8.99. The predicted molar refractivity (Wildman–Crippen MR) is 71.7 cm³/mol. The molecule has 0 saturated carbocycles. The van der Waals surface area contributed by atoms with Crippen LogP contribution in [0.1, 0.15) is 6.92 Å². The van der Waals surface area contributed by atoms with Gasteiger partial charge in [0.25, 0.3) is 5.91 Å². The molecule has 1 aromatic rings. The Morgan fingerprint density at radius 1 is 1.47 bits per heavy atom. The van der Waals surface area contributed by atoms with Crippen LogP contribution in [-0.4, -0.2) is 39.8 Å². The maximum absolute atomic E-state index is 12.1. The Morgan fingerprint density at radius 2 is 2.16 bits per heavy atom. The van der Waals surface area contributed by atoms with Crippen LogP contribution in [0, 0.1) is 0 Å². The van der Waals surface area contributed by atoms with E-state index < -0.39 is 16.1 Å². The monoisotopic (exact) mass is 284 g/mol. The highest BCUT2D eigenvalue weighted by Crippen LogP contribution is 2.34. The summed E-state index contributed by atoms with van der Waals surface area (Å²) >= 11 is 0. The summed E-state index contributed by atoms with van der Waals surface area (Å²) in [6.07, 6.45) is -0.832. The smallest absolute Gasteiger partial charge is 0.262 e. The van der Waals surface area contributed by atoms with Gasteiger partial charge in [-0.1, -0.05) is 12.1 Å². The molecule has 0 aliphatic carbocycles. The number of nitrogens with one attached hydrogen (secondary N) is 1. The number of anilines is 1. The van der Waals surface area contributed by atoms with E-state index in [2.05, 4.69) is 5.32 Å². The molecule has 0 unspecified atom stereocenters. The number of sulfonamides is 1. The first kappa shape index (κ1) is 13.7. The molecule has 1 atom stereocenters. The van der Waals surface area contributed by atoms with Crippen molar-refractivity contribution in [1.82, 2.24) is 5.32 Å². The molecular weight excluding hydrogens is 268 g/mol. The normalized spacial score (nSPS) is 18.4. The third-order valence-corrected chi connectivity index (χ3v) is 4.72. The van der Waals surface area contributed by atoms with Crippen molar-refractivity contribution in [3.05, 3.63) is 24.3 Å². The van der Waals surface area contributed by atoms with Gasteiger partial charge in [0.1, 0.15) is 5.75 Å². The average Bonchev–Trinajstić information content (AvgIpc) is 2.45. The van der Waals surface area contributed by atoms with E-state index in [4.69, 9.17) is 4.74 Å². The molecule has 0 saturated heterocycles. The van der Waals surface area contributed by atoms with Gasteiger partial charge in [-0.15, -0.1) is 0 Å². The van der Waals surface area contributed by atoms with Gasteiger partial charge in [0.15, 0.2) is 6.10 Å². The van der Waals surface area contributed by atoms with Crippen molar-refractivity contribution >= 4 is 21.6 Å². The molecule has 7 heteroatoms. The molecule has 1 aliphatic rings. The summed E-state index contributed by atoms with van der Waals surface area (Å²) in [5.41, 5.74) is 0.476. The second-order valence-corrected chi connectivity index (χ2v) is 6.30. The molecule has 6 nitrogen and oxygen atoms in total. The summed E-state index contributed by atoms with van der Waals surface area (Å²) < 4.78 is 31.0. The van der Waals surface area contributed by atoms with Gasteiger partial charge in [-0.05, 0) is 19.1 Å². The van der Waals surface area contributed by atoms with Crippen molar-refractivity contribution in [2.45, 2.75) is 13.0 Å². The summed E-state index contributed by atoms with van der Waals surface area (Å²) in [7, 11) is -1.95. The van der Waals surface area contributed by atoms with Crippen LogP contribution in [0.3, 0.4) is 0 Å². The van der Waals surface area contributed by atoms with Crippen LogP contribution >= 0.6 is 0 Å². The molecule has 104 valence electrons. The Bertz CT molecular complexity index is 585. The molecule has 1 amide bonds. The number of para-hydroxylation sites is 2. The van der Waals surface area contributed by atoms with Gasteiger partial charge in [-0.2, -0.15) is 0 Å². The number of carbonyl (C=O) groups is 1. The number of amides is 1. The minimum atomic E-state index is -3.44. The summed E-state index contributed by atoms with van der Waals surface area (Å²) in [6.45, 7) is 1.56. The van der Waals surface area contributed by atoms with E-state index in [-0.39, 0.29) is 18.2 Å². The molecular formula is C12H16N2O4S. The van der Waals surface area contributed by atoms with Crippen LogP contribution < -0.4 is 14.4 Å². The molecule has 1 heterocycles. The third kappa shape index (κ3) is 2.51. The standard InChI is InChI=1S/C12H16N2O4S/c1-3-19(16,17)14-8-11(12(15)13-2)18-10-7-5-4-6-9(10)14/h4-7,11H,3,8H2,1-2H3,(H,13,15)/t11-/m1/s1. The third-order valence-electron chi connectivity index (χ3n) is 2.97. The molecule has 1 aromatic carbocycles. The number of nitrogens with zero attached hydrogens (tertiary/aromatic N) is 1. The minimum absolute atomic E-state index is 0.00708. The number of ether oxygens (including phenoxy) is 1. The molecule has 0 radical (unpaired) electrons. The molecule has 0 fully saturated rings. The second-order valence-electron chi connectivity index (χ2n) is 4.12. The lowest BCUT2D eigenvalue weighted by atomic mass is 10.2. The molecule has 1 aliphatic heterocycles. The van der Waals surface area contributed by atoms with Crippen molar-refractivity contribution in [1.29, 1.82) is 0 Å². The Hall–Kier alpha value is -1.76. The fourth-order valence-electron chi connectivity index (χ4n) is 1.92. The quantitative estimate of drug-likeness (QED) is 0.869. The van der Waals surface area contributed by atoms with Crippen molar-refractivity contribution in [2.24, 2.45) is 0 Å². The maximum atomic E-state index is 12.1. The van der Waals surface area contributed by atoms with Crippen LogP contribution in [0.15, 0.2) is 24.3 Å². The van der Waals surface area contributed by atoms with E-state index in [1.54, 1.807) is 31.2 Å². The van der Waals surface area contributed by atoms with Crippen LogP contribution in [0.2, 0.25) is 0 Å². The zero-order chi connectivity index (χ0) is 14.0. The molecule has 0 spiro atoms.